The quantitative estimate of drug-likeness (QED) is 0.477. The topological polar surface area (TPSA) is 146 Å². The highest BCUT2D eigenvalue weighted by molar-refractivity contribution is 5.68. The summed E-state index contributed by atoms with van der Waals surface area (Å²) in [6.45, 7) is 4.70. The zero-order valence-electron chi connectivity index (χ0n) is 16.3. The second-order valence-electron chi connectivity index (χ2n) is 7.47. The summed E-state index contributed by atoms with van der Waals surface area (Å²) in [5.74, 6) is -2.55. The second-order valence-corrected chi connectivity index (χ2v) is 7.47. The zero-order chi connectivity index (χ0) is 21.3. The van der Waals surface area contributed by atoms with Crippen LogP contribution in [0.25, 0.3) is 0 Å². The molecule has 0 aromatic carbocycles. The van der Waals surface area contributed by atoms with Gasteiger partial charge in [0.25, 0.3) is 0 Å². The maximum Gasteiger partial charge on any atom is 0.303 e. The molecule has 0 aromatic rings. The van der Waals surface area contributed by atoms with Crippen molar-refractivity contribution in [1.82, 2.24) is 0 Å². The Morgan fingerprint density at radius 3 is 0.893 bits per heavy atom. The van der Waals surface area contributed by atoms with Crippen LogP contribution in [0.5, 0.6) is 0 Å². The summed E-state index contributed by atoms with van der Waals surface area (Å²) in [5, 5.41) is 22.4. The predicted octanol–water partition coefficient (Wildman–Crippen LogP) is -0.237. The first-order chi connectivity index (χ1) is 12.8. The summed E-state index contributed by atoms with van der Waals surface area (Å²) in [5.41, 5.74) is -3.64. The van der Waals surface area contributed by atoms with Crippen molar-refractivity contribution in [2.24, 2.45) is 0 Å². The number of esters is 4. The molecule has 0 bridgehead atoms. The van der Waals surface area contributed by atoms with E-state index in [2.05, 4.69) is 0 Å². The normalized spacial score (nSPS) is 37.2. The van der Waals surface area contributed by atoms with E-state index in [0.29, 0.717) is 0 Å². The molecule has 2 aliphatic carbocycles. The smallest absolute Gasteiger partial charge is 0.303 e. The van der Waals surface area contributed by atoms with Crippen LogP contribution in [-0.2, 0) is 38.1 Å². The summed E-state index contributed by atoms with van der Waals surface area (Å²) in [6.07, 6.45) is -4.94. The molecule has 2 unspecified atom stereocenters. The van der Waals surface area contributed by atoms with Crippen molar-refractivity contribution in [3.8, 4) is 0 Å². The first kappa shape index (κ1) is 22.1. The monoisotopic (exact) mass is 402 g/mol. The van der Waals surface area contributed by atoms with E-state index in [4.69, 9.17) is 18.9 Å². The molecule has 10 nitrogen and oxygen atoms in total. The standard InChI is InChI=1S/C18H26O10/c1-9(19)25-13-5-17(23)7-15(27-11(3)21)16(28-12(4)22)8-18(17,24)6-14(13)26-10(2)20/h13-16,23-24H,5-8H2,1-4H3/t13-,14-,15+,16+,17?,18?. The Bertz CT molecular complexity index is 553. The number of aliphatic hydroxyl groups is 2. The highest BCUT2D eigenvalue weighted by Gasteiger charge is 2.64. The summed E-state index contributed by atoms with van der Waals surface area (Å²) in [7, 11) is 0. The summed E-state index contributed by atoms with van der Waals surface area (Å²) in [4.78, 5) is 45.7. The number of hydrogen-bond donors (Lipinski definition) is 2. The molecule has 2 rings (SSSR count). The van der Waals surface area contributed by atoms with Gasteiger partial charge in [0.15, 0.2) is 0 Å². The Labute approximate surface area is 162 Å². The second kappa shape index (κ2) is 8.04. The Hall–Kier alpha value is -2.20. The third-order valence-corrected chi connectivity index (χ3v) is 5.12. The average Bonchev–Trinajstić information content (AvgIpc) is 2.48. The van der Waals surface area contributed by atoms with E-state index in [1.807, 2.05) is 0 Å². The third kappa shape index (κ3) is 4.79. The molecule has 0 heterocycles. The van der Waals surface area contributed by atoms with E-state index in [0.717, 1.165) is 0 Å². The van der Waals surface area contributed by atoms with Gasteiger partial charge in [-0.05, 0) is 0 Å². The Kier molecular flexibility index (Phi) is 6.34. The summed E-state index contributed by atoms with van der Waals surface area (Å²) >= 11 is 0. The fourth-order valence-electron chi connectivity index (χ4n) is 4.11. The molecule has 2 fully saturated rings. The van der Waals surface area contributed by atoms with E-state index in [-0.39, 0.29) is 25.7 Å². The lowest BCUT2D eigenvalue weighted by Gasteiger charge is -2.56. The maximum atomic E-state index is 11.4. The molecule has 28 heavy (non-hydrogen) atoms. The van der Waals surface area contributed by atoms with E-state index < -0.39 is 59.5 Å². The van der Waals surface area contributed by atoms with Gasteiger partial charge < -0.3 is 29.2 Å². The minimum absolute atomic E-state index is 0.244. The Morgan fingerprint density at radius 1 is 0.571 bits per heavy atom. The molecule has 0 radical (unpaired) electrons. The molecule has 0 saturated heterocycles. The lowest BCUT2D eigenvalue weighted by atomic mass is 9.61. The molecule has 6 atom stereocenters. The number of ether oxygens (including phenoxy) is 4. The molecule has 158 valence electrons. The lowest BCUT2D eigenvalue weighted by molar-refractivity contribution is -0.275. The lowest BCUT2D eigenvalue weighted by Crippen LogP contribution is -2.70. The summed E-state index contributed by atoms with van der Waals surface area (Å²) in [6, 6.07) is 0. The van der Waals surface area contributed by atoms with Crippen molar-refractivity contribution in [2.45, 2.75) is 89.0 Å². The fourth-order valence-corrected chi connectivity index (χ4v) is 4.11. The van der Waals surface area contributed by atoms with Crippen LogP contribution in [0.4, 0.5) is 0 Å². The van der Waals surface area contributed by atoms with Gasteiger partial charge in [0.05, 0.1) is 0 Å². The van der Waals surface area contributed by atoms with Crippen molar-refractivity contribution in [3.63, 3.8) is 0 Å². The molecule has 2 saturated carbocycles. The third-order valence-electron chi connectivity index (χ3n) is 5.12. The van der Waals surface area contributed by atoms with Crippen LogP contribution in [0, 0.1) is 0 Å². The van der Waals surface area contributed by atoms with Gasteiger partial charge in [-0.2, -0.15) is 0 Å². The first-order valence-electron chi connectivity index (χ1n) is 8.99. The van der Waals surface area contributed by atoms with Gasteiger partial charge in [-0.1, -0.05) is 0 Å². The van der Waals surface area contributed by atoms with Gasteiger partial charge in [-0.3, -0.25) is 19.2 Å². The molecule has 0 aromatic heterocycles. The van der Waals surface area contributed by atoms with Gasteiger partial charge in [0.2, 0.25) is 0 Å². The van der Waals surface area contributed by atoms with Gasteiger partial charge in [0, 0.05) is 53.4 Å². The predicted molar refractivity (Wildman–Crippen MR) is 90.6 cm³/mol. The summed E-state index contributed by atoms with van der Waals surface area (Å²) < 4.78 is 20.8. The largest absolute Gasteiger partial charge is 0.458 e. The van der Waals surface area contributed by atoms with Gasteiger partial charge in [-0.25, -0.2) is 0 Å². The minimum Gasteiger partial charge on any atom is -0.458 e. The molecule has 2 N–H and O–H groups in total. The van der Waals surface area contributed by atoms with E-state index in [1.54, 1.807) is 0 Å². The van der Waals surface area contributed by atoms with Crippen LogP contribution in [0.15, 0.2) is 0 Å². The molecule has 0 spiro atoms. The van der Waals surface area contributed by atoms with Crippen molar-refractivity contribution in [3.05, 3.63) is 0 Å². The zero-order valence-corrected chi connectivity index (χ0v) is 16.3. The molecule has 0 amide bonds. The van der Waals surface area contributed by atoms with E-state index >= 15 is 0 Å². The molecular formula is C18H26O10. The molecule has 0 aliphatic heterocycles. The number of fused-ring (bicyclic) bond motifs is 1. The van der Waals surface area contributed by atoms with Gasteiger partial charge in [0.1, 0.15) is 35.6 Å². The maximum absolute atomic E-state index is 11.4. The average molecular weight is 402 g/mol. The Morgan fingerprint density at radius 2 is 0.750 bits per heavy atom. The highest BCUT2D eigenvalue weighted by Crippen LogP contribution is 2.49. The first-order valence-corrected chi connectivity index (χ1v) is 8.99. The SMILES string of the molecule is CC(=O)O[C@H]1CC2(O)C[C@@H](OC(C)=O)[C@H](OC(C)=O)CC2(O)C[C@@H]1OC(C)=O. The van der Waals surface area contributed by atoms with Crippen molar-refractivity contribution >= 4 is 23.9 Å². The van der Waals surface area contributed by atoms with Crippen LogP contribution in [-0.4, -0.2) is 69.7 Å². The van der Waals surface area contributed by atoms with E-state index in [9.17, 15) is 29.4 Å². The molecule has 10 heteroatoms. The van der Waals surface area contributed by atoms with Crippen LogP contribution in [0.1, 0.15) is 53.4 Å². The number of rotatable bonds is 4. The van der Waals surface area contributed by atoms with Crippen molar-refractivity contribution in [2.75, 3.05) is 0 Å². The van der Waals surface area contributed by atoms with Crippen LogP contribution in [0.2, 0.25) is 0 Å². The Balaban J connectivity index is 2.35. The molecular weight excluding hydrogens is 376 g/mol. The van der Waals surface area contributed by atoms with Crippen molar-refractivity contribution < 1.29 is 48.3 Å². The minimum atomic E-state index is -1.82. The van der Waals surface area contributed by atoms with Gasteiger partial charge >= 0.3 is 23.9 Å². The van der Waals surface area contributed by atoms with E-state index in [1.165, 1.54) is 27.7 Å². The van der Waals surface area contributed by atoms with Crippen molar-refractivity contribution in [1.29, 1.82) is 0 Å². The van der Waals surface area contributed by atoms with Crippen LogP contribution in [0.3, 0.4) is 0 Å². The van der Waals surface area contributed by atoms with Crippen LogP contribution >= 0.6 is 0 Å². The van der Waals surface area contributed by atoms with Crippen LogP contribution < -0.4 is 0 Å². The molecule has 2 aliphatic rings. The number of hydrogen-bond acceptors (Lipinski definition) is 10. The van der Waals surface area contributed by atoms with Gasteiger partial charge in [-0.15, -0.1) is 0 Å². The fraction of sp³-hybridized carbons (Fsp3) is 0.778. The number of carbonyl (C=O) groups excluding carboxylic acids is 4. The highest BCUT2D eigenvalue weighted by atomic mass is 16.6. The number of carbonyl (C=O) groups is 4.